The van der Waals surface area contributed by atoms with Crippen molar-refractivity contribution in [3.05, 3.63) is 101 Å². The lowest BCUT2D eigenvalue weighted by molar-refractivity contribution is 0.0725. The summed E-state index contributed by atoms with van der Waals surface area (Å²) in [5.41, 5.74) is 4.08. The molecule has 1 aliphatic heterocycles. The third-order valence-electron chi connectivity index (χ3n) is 5.21. The highest BCUT2D eigenvalue weighted by Crippen LogP contribution is 2.34. The van der Waals surface area contributed by atoms with Gasteiger partial charge in [0.25, 0.3) is 5.91 Å². The fourth-order valence-corrected chi connectivity index (χ4v) is 4.39. The molecule has 1 aliphatic rings. The zero-order chi connectivity index (χ0) is 19.7. The van der Waals surface area contributed by atoms with E-state index >= 15 is 0 Å². The van der Waals surface area contributed by atoms with Crippen molar-refractivity contribution in [3.8, 4) is 0 Å². The molecule has 0 saturated heterocycles. The number of carbonyl (C=O) groups excluding carboxylic acids is 1. The maximum Gasteiger partial charge on any atom is 0.254 e. The standard InChI is InChI=1S/C23H21NO3S/c1-28(26,27)20-13-11-18(12-14-20)23(25)24-15-19-9-5-6-10-21(19)22(16-24)17-7-3-2-4-8-17/h2-14,22H,15-16H2,1H3/t22-/m1/s1. The van der Waals surface area contributed by atoms with Crippen LogP contribution in [0.3, 0.4) is 0 Å². The largest absolute Gasteiger partial charge is 0.333 e. The van der Waals surface area contributed by atoms with Crippen molar-refractivity contribution in [2.75, 3.05) is 12.8 Å². The van der Waals surface area contributed by atoms with Crippen LogP contribution >= 0.6 is 0 Å². The Bertz CT molecular complexity index is 1110. The molecule has 4 nitrogen and oxygen atoms in total. The molecule has 0 unspecified atom stereocenters. The number of rotatable bonds is 3. The molecule has 0 fully saturated rings. The second-order valence-corrected chi connectivity index (χ2v) is 9.16. The lowest BCUT2D eigenvalue weighted by atomic mass is 9.84. The average Bonchev–Trinajstić information content (AvgIpc) is 2.72. The molecule has 4 rings (SSSR count). The molecule has 0 aromatic heterocycles. The van der Waals surface area contributed by atoms with Gasteiger partial charge in [0, 0.05) is 30.8 Å². The van der Waals surface area contributed by atoms with E-state index in [1.807, 2.05) is 35.2 Å². The van der Waals surface area contributed by atoms with E-state index in [1.165, 1.54) is 23.3 Å². The zero-order valence-electron chi connectivity index (χ0n) is 15.6. The molecule has 3 aromatic carbocycles. The van der Waals surface area contributed by atoms with Gasteiger partial charge in [-0.25, -0.2) is 8.42 Å². The molecule has 0 aliphatic carbocycles. The van der Waals surface area contributed by atoms with Gasteiger partial charge in [0.05, 0.1) is 4.90 Å². The van der Waals surface area contributed by atoms with Gasteiger partial charge in [0.15, 0.2) is 9.84 Å². The second kappa shape index (κ2) is 7.24. The van der Waals surface area contributed by atoms with E-state index in [2.05, 4.69) is 24.3 Å². The van der Waals surface area contributed by atoms with Crippen LogP contribution < -0.4 is 0 Å². The predicted octanol–water partition coefficient (Wildman–Crippen LogP) is 3.88. The van der Waals surface area contributed by atoms with Crippen molar-refractivity contribution < 1.29 is 13.2 Å². The summed E-state index contributed by atoms with van der Waals surface area (Å²) in [5.74, 6) is 0.0286. The first kappa shape index (κ1) is 18.4. The van der Waals surface area contributed by atoms with Gasteiger partial charge in [-0.1, -0.05) is 54.6 Å². The van der Waals surface area contributed by atoms with Crippen molar-refractivity contribution >= 4 is 15.7 Å². The van der Waals surface area contributed by atoms with E-state index in [0.29, 0.717) is 18.7 Å². The number of hydrogen-bond acceptors (Lipinski definition) is 3. The minimum atomic E-state index is -3.28. The summed E-state index contributed by atoms with van der Waals surface area (Å²) < 4.78 is 23.3. The predicted molar refractivity (Wildman–Crippen MR) is 109 cm³/mol. The Hall–Kier alpha value is -2.92. The molecule has 1 amide bonds. The molecule has 1 heterocycles. The van der Waals surface area contributed by atoms with Crippen molar-refractivity contribution in [3.63, 3.8) is 0 Å². The number of benzene rings is 3. The van der Waals surface area contributed by atoms with Crippen LogP contribution in [0.15, 0.2) is 83.8 Å². The van der Waals surface area contributed by atoms with Gasteiger partial charge in [-0.2, -0.15) is 0 Å². The van der Waals surface area contributed by atoms with Gasteiger partial charge >= 0.3 is 0 Å². The minimum absolute atomic E-state index is 0.0875. The molecule has 0 N–H and O–H groups in total. The number of carbonyl (C=O) groups is 1. The Morgan fingerprint density at radius 1 is 0.893 bits per heavy atom. The molecule has 5 heteroatoms. The van der Waals surface area contributed by atoms with Crippen molar-refractivity contribution in [2.45, 2.75) is 17.4 Å². The summed E-state index contributed by atoms with van der Waals surface area (Å²) in [4.78, 5) is 15.2. The first-order chi connectivity index (χ1) is 13.4. The highest BCUT2D eigenvalue weighted by molar-refractivity contribution is 7.90. The summed E-state index contributed by atoms with van der Waals surface area (Å²) in [6.45, 7) is 1.14. The Balaban J connectivity index is 1.66. The molecular formula is C23H21NO3S. The second-order valence-electron chi connectivity index (χ2n) is 7.14. The molecule has 0 spiro atoms. The molecule has 1 atom stereocenters. The lowest BCUT2D eigenvalue weighted by Gasteiger charge is -2.35. The lowest BCUT2D eigenvalue weighted by Crippen LogP contribution is -2.38. The summed E-state index contributed by atoms with van der Waals surface area (Å²) in [5, 5.41) is 0. The summed E-state index contributed by atoms with van der Waals surface area (Å²) in [7, 11) is -3.28. The third-order valence-corrected chi connectivity index (χ3v) is 6.34. The Morgan fingerprint density at radius 3 is 2.21 bits per heavy atom. The van der Waals surface area contributed by atoms with Crippen molar-refractivity contribution in [2.24, 2.45) is 0 Å². The molecule has 3 aromatic rings. The third kappa shape index (κ3) is 3.58. The molecule has 0 saturated carbocycles. The zero-order valence-corrected chi connectivity index (χ0v) is 16.4. The van der Waals surface area contributed by atoms with E-state index in [-0.39, 0.29) is 16.7 Å². The maximum atomic E-state index is 13.1. The van der Waals surface area contributed by atoms with Gasteiger partial charge in [0.2, 0.25) is 0 Å². The van der Waals surface area contributed by atoms with Gasteiger partial charge in [0.1, 0.15) is 0 Å². The first-order valence-electron chi connectivity index (χ1n) is 9.15. The summed E-state index contributed by atoms with van der Waals surface area (Å²) >= 11 is 0. The van der Waals surface area contributed by atoms with Gasteiger partial charge in [-0.15, -0.1) is 0 Å². The normalized spacial score (nSPS) is 16.5. The van der Waals surface area contributed by atoms with Crippen molar-refractivity contribution in [1.82, 2.24) is 4.90 Å². The smallest absolute Gasteiger partial charge is 0.254 e. The number of hydrogen-bond donors (Lipinski definition) is 0. The Kier molecular flexibility index (Phi) is 4.77. The highest BCUT2D eigenvalue weighted by Gasteiger charge is 2.29. The first-order valence-corrected chi connectivity index (χ1v) is 11.0. The van der Waals surface area contributed by atoms with Crippen LogP contribution in [0, 0.1) is 0 Å². The minimum Gasteiger partial charge on any atom is -0.333 e. The SMILES string of the molecule is CS(=O)(=O)c1ccc(C(=O)N2Cc3ccccc3[C@@H](c3ccccc3)C2)cc1. The quantitative estimate of drug-likeness (QED) is 0.681. The monoisotopic (exact) mass is 391 g/mol. The number of amides is 1. The van der Waals surface area contributed by atoms with Crippen LogP contribution in [0.25, 0.3) is 0 Å². The highest BCUT2D eigenvalue weighted by atomic mass is 32.2. The van der Waals surface area contributed by atoms with Gasteiger partial charge < -0.3 is 4.90 Å². The Labute approximate surface area is 165 Å². The number of sulfone groups is 1. The maximum absolute atomic E-state index is 13.1. The average molecular weight is 391 g/mol. The fraction of sp³-hybridized carbons (Fsp3) is 0.174. The number of fused-ring (bicyclic) bond motifs is 1. The van der Waals surface area contributed by atoms with Crippen LogP contribution in [0.1, 0.15) is 33.0 Å². The summed E-state index contributed by atoms with van der Waals surface area (Å²) in [6, 6.07) is 24.6. The van der Waals surface area contributed by atoms with E-state index < -0.39 is 9.84 Å². The van der Waals surface area contributed by atoms with E-state index in [9.17, 15) is 13.2 Å². The molecule has 28 heavy (non-hydrogen) atoms. The molecular weight excluding hydrogens is 370 g/mol. The molecule has 0 bridgehead atoms. The molecule has 0 radical (unpaired) electrons. The van der Waals surface area contributed by atoms with Crippen LogP contribution in [-0.4, -0.2) is 32.0 Å². The van der Waals surface area contributed by atoms with Crippen LogP contribution in [0.4, 0.5) is 0 Å². The van der Waals surface area contributed by atoms with Crippen LogP contribution in [-0.2, 0) is 16.4 Å². The van der Waals surface area contributed by atoms with E-state index in [4.69, 9.17) is 0 Å². The topological polar surface area (TPSA) is 54.5 Å². The fourth-order valence-electron chi connectivity index (χ4n) is 3.76. The number of nitrogens with zero attached hydrogens (tertiary/aromatic N) is 1. The van der Waals surface area contributed by atoms with Gasteiger partial charge in [-0.3, -0.25) is 4.79 Å². The summed E-state index contributed by atoms with van der Waals surface area (Å²) in [6.07, 6.45) is 1.16. The Morgan fingerprint density at radius 2 is 1.54 bits per heavy atom. The molecule has 142 valence electrons. The van der Waals surface area contributed by atoms with Gasteiger partial charge in [-0.05, 0) is 41.0 Å². The van der Waals surface area contributed by atoms with Crippen molar-refractivity contribution in [1.29, 1.82) is 0 Å². The van der Waals surface area contributed by atoms with Crippen LogP contribution in [0.2, 0.25) is 0 Å². The van der Waals surface area contributed by atoms with Crippen LogP contribution in [0.5, 0.6) is 0 Å². The van der Waals surface area contributed by atoms with E-state index in [0.717, 1.165) is 11.8 Å². The van der Waals surface area contributed by atoms with E-state index in [1.54, 1.807) is 12.1 Å².